The molecule has 1 atom stereocenters. The van der Waals surface area contributed by atoms with Crippen LogP contribution in [-0.2, 0) is 0 Å². The van der Waals surface area contributed by atoms with Crippen LogP contribution in [-0.4, -0.2) is 6.54 Å². The summed E-state index contributed by atoms with van der Waals surface area (Å²) in [5.41, 5.74) is 2.96. The molecule has 0 bridgehead atoms. The Bertz CT molecular complexity index is 385. The lowest BCUT2D eigenvalue weighted by molar-refractivity contribution is 0.312. The average Bonchev–Trinajstić information content (AvgIpc) is 2.36. The molecule has 20 heavy (non-hydrogen) atoms. The molecule has 1 aromatic carbocycles. The molecule has 0 aromatic heterocycles. The topological polar surface area (TPSA) is 12.0 Å². The molecule has 0 aliphatic carbocycles. The number of rotatable bonds is 8. The number of halogens is 1. The van der Waals surface area contributed by atoms with Gasteiger partial charge in [0.1, 0.15) is 5.82 Å². The minimum absolute atomic E-state index is 0.0503. The van der Waals surface area contributed by atoms with Crippen molar-refractivity contribution >= 4 is 0 Å². The zero-order valence-corrected chi connectivity index (χ0v) is 13.7. The largest absolute Gasteiger partial charge is 0.310 e. The monoisotopic (exact) mass is 279 g/mol. The maximum atomic E-state index is 14.5. The molecule has 1 nitrogen and oxygen atoms in total. The minimum Gasteiger partial charge on any atom is -0.310 e. The molecule has 0 aliphatic rings. The summed E-state index contributed by atoms with van der Waals surface area (Å²) in [6.07, 6.45) is 4.61. The van der Waals surface area contributed by atoms with E-state index in [9.17, 15) is 4.39 Å². The minimum atomic E-state index is -0.0503. The summed E-state index contributed by atoms with van der Waals surface area (Å²) in [5.74, 6) is 0.464. The lowest BCUT2D eigenvalue weighted by Gasteiger charge is -2.30. The van der Waals surface area contributed by atoms with Gasteiger partial charge < -0.3 is 5.32 Å². The normalized spacial score (nSPS) is 12.9. The maximum Gasteiger partial charge on any atom is 0.128 e. The summed E-state index contributed by atoms with van der Waals surface area (Å²) in [7, 11) is 0. The summed E-state index contributed by atoms with van der Waals surface area (Å²) in [5, 5.41) is 3.53. The Labute approximate surface area is 124 Å². The fourth-order valence-electron chi connectivity index (χ4n) is 3.26. The van der Waals surface area contributed by atoms with Gasteiger partial charge in [-0.3, -0.25) is 0 Å². The summed E-state index contributed by atoms with van der Waals surface area (Å²) >= 11 is 0. The maximum absolute atomic E-state index is 14.5. The average molecular weight is 279 g/mol. The summed E-state index contributed by atoms with van der Waals surface area (Å²) in [6, 6.07) is 3.90. The van der Waals surface area contributed by atoms with Crippen LogP contribution in [0.3, 0.4) is 0 Å². The van der Waals surface area contributed by atoms with Crippen LogP contribution in [0.1, 0.15) is 69.2 Å². The van der Waals surface area contributed by atoms with Gasteiger partial charge in [-0.1, -0.05) is 39.7 Å². The Morgan fingerprint density at radius 3 is 2.10 bits per heavy atom. The number of benzene rings is 1. The summed E-state index contributed by atoms with van der Waals surface area (Å²) < 4.78 is 14.5. The van der Waals surface area contributed by atoms with Gasteiger partial charge in [-0.05, 0) is 56.3 Å². The Morgan fingerprint density at radius 1 is 1.05 bits per heavy atom. The fraction of sp³-hybridized carbons (Fsp3) is 0.667. The molecule has 0 aliphatic heterocycles. The Balaban J connectivity index is 3.17. The van der Waals surface area contributed by atoms with E-state index >= 15 is 0 Å². The number of aryl methyl sites for hydroxylation is 2. The Hall–Kier alpha value is -0.890. The van der Waals surface area contributed by atoms with Crippen molar-refractivity contribution in [1.29, 1.82) is 0 Å². The first-order valence-electron chi connectivity index (χ1n) is 8.05. The van der Waals surface area contributed by atoms with E-state index in [4.69, 9.17) is 0 Å². The third-order valence-corrected chi connectivity index (χ3v) is 4.01. The molecule has 0 saturated carbocycles. The van der Waals surface area contributed by atoms with Crippen LogP contribution in [0.25, 0.3) is 0 Å². The lowest BCUT2D eigenvalue weighted by atomic mass is 9.83. The predicted octanol–water partition coefficient (Wildman–Crippen LogP) is 5.31. The van der Waals surface area contributed by atoms with Crippen molar-refractivity contribution in [2.45, 2.75) is 66.3 Å². The second kappa shape index (κ2) is 8.41. The first-order chi connectivity index (χ1) is 9.54. The molecule has 2 heteroatoms. The molecule has 1 rings (SSSR count). The van der Waals surface area contributed by atoms with E-state index < -0.39 is 0 Å². The standard InChI is InChI=1S/C18H30FN/c1-6-9-15(10-7-2)18(20-8-3)17-14(5)11-13(4)12-16(17)19/h11-12,15,18,20H,6-10H2,1-5H3. The van der Waals surface area contributed by atoms with Gasteiger partial charge in [0.2, 0.25) is 0 Å². The van der Waals surface area contributed by atoms with Crippen LogP contribution in [0.4, 0.5) is 4.39 Å². The molecule has 0 amide bonds. The van der Waals surface area contributed by atoms with Gasteiger partial charge in [0.25, 0.3) is 0 Å². The van der Waals surface area contributed by atoms with Crippen LogP contribution < -0.4 is 5.32 Å². The summed E-state index contributed by atoms with van der Waals surface area (Å²) in [6.45, 7) is 11.4. The molecule has 0 spiro atoms. The molecule has 0 heterocycles. The number of hydrogen-bond acceptors (Lipinski definition) is 1. The van der Waals surface area contributed by atoms with Crippen LogP contribution in [0.5, 0.6) is 0 Å². The Morgan fingerprint density at radius 2 is 1.65 bits per heavy atom. The van der Waals surface area contributed by atoms with E-state index in [1.165, 1.54) is 0 Å². The molecule has 1 aromatic rings. The van der Waals surface area contributed by atoms with Gasteiger partial charge in [-0.15, -0.1) is 0 Å². The molecule has 1 N–H and O–H groups in total. The van der Waals surface area contributed by atoms with Crippen molar-refractivity contribution < 1.29 is 4.39 Å². The number of hydrogen-bond donors (Lipinski definition) is 1. The van der Waals surface area contributed by atoms with Gasteiger partial charge in [-0.2, -0.15) is 0 Å². The van der Waals surface area contributed by atoms with Crippen LogP contribution in [0.15, 0.2) is 12.1 Å². The zero-order chi connectivity index (χ0) is 15.1. The lowest BCUT2D eigenvalue weighted by Crippen LogP contribution is -2.30. The number of nitrogens with one attached hydrogen (secondary N) is 1. The first kappa shape index (κ1) is 17.2. The van der Waals surface area contributed by atoms with Gasteiger partial charge >= 0.3 is 0 Å². The van der Waals surface area contributed by atoms with Gasteiger partial charge in [0, 0.05) is 11.6 Å². The molecule has 1 unspecified atom stereocenters. The third kappa shape index (κ3) is 4.31. The molecular formula is C18H30FN. The smallest absolute Gasteiger partial charge is 0.128 e. The van der Waals surface area contributed by atoms with Gasteiger partial charge in [-0.25, -0.2) is 4.39 Å². The Kier molecular flexibility index (Phi) is 7.22. The van der Waals surface area contributed by atoms with Crippen molar-refractivity contribution in [3.05, 3.63) is 34.6 Å². The molecule has 114 valence electrons. The molecule has 0 saturated heterocycles. The van der Waals surface area contributed by atoms with E-state index in [2.05, 4.69) is 32.2 Å². The fourth-order valence-corrected chi connectivity index (χ4v) is 3.26. The van der Waals surface area contributed by atoms with Crippen molar-refractivity contribution in [3.63, 3.8) is 0 Å². The highest BCUT2D eigenvalue weighted by Gasteiger charge is 2.25. The second-order valence-corrected chi connectivity index (χ2v) is 5.85. The first-order valence-corrected chi connectivity index (χ1v) is 8.05. The highest BCUT2D eigenvalue weighted by atomic mass is 19.1. The second-order valence-electron chi connectivity index (χ2n) is 5.85. The summed E-state index contributed by atoms with van der Waals surface area (Å²) in [4.78, 5) is 0. The van der Waals surface area contributed by atoms with Crippen molar-refractivity contribution in [2.75, 3.05) is 6.54 Å². The van der Waals surface area contributed by atoms with E-state index in [1.807, 2.05) is 13.8 Å². The molecule has 0 radical (unpaired) electrons. The van der Waals surface area contributed by atoms with Crippen molar-refractivity contribution in [2.24, 2.45) is 5.92 Å². The predicted molar refractivity (Wildman–Crippen MR) is 85.6 cm³/mol. The van der Waals surface area contributed by atoms with E-state index in [0.717, 1.165) is 48.9 Å². The van der Waals surface area contributed by atoms with E-state index in [1.54, 1.807) is 6.07 Å². The van der Waals surface area contributed by atoms with Crippen molar-refractivity contribution in [3.8, 4) is 0 Å². The van der Waals surface area contributed by atoms with Gasteiger partial charge in [0.15, 0.2) is 0 Å². The molecular weight excluding hydrogens is 249 g/mol. The van der Waals surface area contributed by atoms with Crippen molar-refractivity contribution in [1.82, 2.24) is 5.32 Å². The molecule has 0 fully saturated rings. The van der Waals surface area contributed by atoms with Crippen LogP contribution in [0.2, 0.25) is 0 Å². The van der Waals surface area contributed by atoms with Crippen LogP contribution >= 0.6 is 0 Å². The highest BCUT2D eigenvalue weighted by molar-refractivity contribution is 5.34. The zero-order valence-electron chi connectivity index (χ0n) is 13.7. The van der Waals surface area contributed by atoms with E-state index in [-0.39, 0.29) is 11.9 Å². The van der Waals surface area contributed by atoms with E-state index in [0.29, 0.717) is 5.92 Å². The van der Waals surface area contributed by atoms with Gasteiger partial charge in [0.05, 0.1) is 0 Å². The highest BCUT2D eigenvalue weighted by Crippen LogP contribution is 2.33. The quantitative estimate of drug-likeness (QED) is 0.680. The van der Waals surface area contributed by atoms with Crippen LogP contribution in [0, 0.1) is 25.6 Å². The third-order valence-electron chi connectivity index (χ3n) is 4.01. The SMILES string of the molecule is CCCC(CCC)C(NCC)c1c(C)cc(C)cc1F.